The summed E-state index contributed by atoms with van der Waals surface area (Å²) in [5.74, 6) is 0. The Balaban J connectivity index is 2.14. The number of benzene rings is 3. The zero-order valence-corrected chi connectivity index (χ0v) is 16.4. The van der Waals surface area contributed by atoms with E-state index in [9.17, 15) is 0 Å². The van der Waals surface area contributed by atoms with Crippen molar-refractivity contribution < 1.29 is 0 Å². The molecule has 26 heavy (non-hydrogen) atoms. The van der Waals surface area contributed by atoms with Crippen molar-refractivity contribution in [3.8, 4) is 0 Å². The predicted molar refractivity (Wildman–Crippen MR) is 120 cm³/mol. The van der Waals surface area contributed by atoms with E-state index in [0.29, 0.717) is 0 Å². The summed E-state index contributed by atoms with van der Waals surface area (Å²) in [6, 6.07) is 33.4. The second-order valence-electron chi connectivity index (χ2n) is 6.50. The number of rotatable bonds is 7. The van der Waals surface area contributed by atoms with E-state index in [1.54, 1.807) is 0 Å². The summed E-state index contributed by atoms with van der Waals surface area (Å²) in [5, 5.41) is 4.45. The first-order valence-corrected chi connectivity index (χ1v) is 11.5. The Kier molecular flexibility index (Phi) is 6.58. The quantitative estimate of drug-likeness (QED) is 0.400. The third kappa shape index (κ3) is 4.03. The fourth-order valence-electron chi connectivity index (χ4n) is 3.69. The average molecular weight is 358 g/mol. The Morgan fingerprint density at radius 1 is 0.615 bits per heavy atom. The molecule has 132 valence electrons. The SMILES string of the molecule is C/C=C/C=C/CC[PH](c1ccccc1)(c1ccccc1)c1ccccc1. The Morgan fingerprint density at radius 2 is 1.04 bits per heavy atom. The van der Waals surface area contributed by atoms with Crippen LogP contribution < -0.4 is 15.9 Å². The van der Waals surface area contributed by atoms with Crippen LogP contribution in [-0.4, -0.2) is 6.16 Å². The van der Waals surface area contributed by atoms with Gasteiger partial charge in [-0.25, -0.2) is 0 Å². The minimum atomic E-state index is -2.06. The van der Waals surface area contributed by atoms with Gasteiger partial charge in [-0.15, -0.1) is 0 Å². The van der Waals surface area contributed by atoms with Crippen molar-refractivity contribution in [2.45, 2.75) is 13.3 Å². The molecule has 0 aromatic heterocycles. The van der Waals surface area contributed by atoms with E-state index >= 15 is 0 Å². The number of hydrogen-bond donors (Lipinski definition) is 0. The molecule has 0 atom stereocenters. The molecule has 0 spiro atoms. The van der Waals surface area contributed by atoms with Gasteiger partial charge in [0.2, 0.25) is 0 Å². The molecule has 0 aliphatic heterocycles. The summed E-state index contributed by atoms with van der Waals surface area (Å²) in [6.45, 7) is 2.06. The number of allylic oxidation sites excluding steroid dienone is 4. The molecule has 0 aliphatic rings. The van der Waals surface area contributed by atoms with Crippen LogP contribution in [0.2, 0.25) is 0 Å². The second-order valence-corrected chi connectivity index (χ2v) is 10.5. The summed E-state index contributed by atoms with van der Waals surface area (Å²) < 4.78 is 0. The van der Waals surface area contributed by atoms with Crippen LogP contribution in [0.25, 0.3) is 0 Å². The zero-order chi connectivity index (χ0) is 18.1. The van der Waals surface area contributed by atoms with Gasteiger partial charge in [-0.3, -0.25) is 0 Å². The van der Waals surface area contributed by atoms with E-state index in [2.05, 4.69) is 122 Å². The van der Waals surface area contributed by atoms with Crippen molar-refractivity contribution in [1.29, 1.82) is 0 Å². The molecule has 0 unspecified atom stereocenters. The maximum atomic E-state index is 2.32. The molecule has 3 aromatic carbocycles. The Labute approximate surface area is 158 Å². The first kappa shape index (κ1) is 18.4. The van der Waals surface area contributed by atoms with Gasteiger partial charge < -0.3 is 0 Å². The van der Waals surface area contributed by atoms with Crippen molar-refractivity contribution in [2.75, 3.05) is 6.16 Å². The molecule has 0 nitrogen and oxygen atoms in total. The molecule has 0 saturated carbocycles. The van der Waals surface area contributed by atoms with Crippen LogP contribution in [0.15, 0.2) is 115 Å². The summed E-state index contributed by atoms with van der Waals surface area (Å²) in [6.07, 6.45) is 10.9. The topological polar surface area (TPSA) is 0 Å². The van der Waals surface area contributed by atoms with Gasteiger partial charge >= 0.3 is 158 Å². The predicted octanol–water partition coefficient (Wildman–Crippen LogP) is 5.24. The third-order valence-corrected chi connectivity index (χ3v) is 9.92. The summed E-state index contributed by atoms with van der Waals surface area (Å²) in [7, 11) is -2.06. The van der Waals surface area contributed by atoms with Crippen molar-refractivity contribution >= 4 is 23.2 Å². The first-order valence-electron chi connectivity index (χ1n) is 9.32. The van der Waals surface area contributed by atoms with E-state index in [1.165, 1.54) is 22.1 Å². The zero-order valence-electron chi connectivity index (χ0n) is 15.4. The molecule has 0 heterocycles. The van der Waals surface area contributed by atoms with Crippen molar-refractivity contribution in [2.24, 2.45) is 0 Å². The molecular weight excluding hydrogens is 331 g/mol. The van der Waals surface area contributed by atoms with Crippen LogP contribution in [-0.2, 0) is 0 Å². The van der Waals surface area contributed by atoms with Gasteiger partial charge in [0, 0.05) is 0 Å². The van der Waals surface area contributed by atoms with Gasteiger partial charge in [0.1, 0.15) is 0 Å². The van der Waals surface area contributed by atoms with Crippen LogP contribution in [0.1, 0.15) is 13.3 Å². The van der Waals surface area contributed by atoms with Crippen molar-refractivity contribution in [1.82, 2.24) is 0 Å². The van der Waals surface area contributed by atoms with Gasteiger partial charge in [-0.05, 0) is 0 Å². The number of hydrogen-bond acceptors (Lipinski definition) is 0. The van der Waals surface area contributed by atoms with Gasteiger partial charge in [-0.2, -0.15) is 0 Å². The van der Waals surface area contributed by atoms with E-state index in [-0.39, 0.29) is 0 Å². The fourth-order valence-corrected chi connectivity index (χ4v) is 8.44. The molecule has 0 bridgehead atoms. The molecular formula is C25H27P. The molecule has 3 aromatic rings. The summed E-state index contributed by atoms with van der Waals surface area (Å²) in [5.41, 5.74) is 0. The molecule has 0 saturated heterocycles. The molecule has 0 aliphatic carbocycles. The normalized spacial score (nSPS) is 12.7. The standard InChI is InChI=1S/C25H27P/c1-2-3-4-5-15-22-26(23-16-9-6-10-17-23,24-18-11-7-12-19-24)25-20-13-8-14-21-25/h2-14,16-21,26H,15,22H2,1H3/b3-2+,5-4+. The maximum absolute atomic E-state index is 2.32. The monoisotopic (exact) mass is 358 g/mol. The van der Waals surface area contributed by atoms with Crippen molar-refractivity contribution in [3.63, 3.8) is 0 Å². The first-order chi connectivity index (χ1) is 12.9. The van der Waals surface area contributed by atoms with Gasteiger partial charge in [0.25, 0.3) is 0 Å². The van der Waals surface area contributed by atoms with Gasteiger partial charge in [-0.1, -0.05) is 0 Å². The average Bonchev–Trinajstić information content (AvgIpc) is 2.73. The van der Waals surface area contributed by atoms with E-state index in [0.717, 1.165) is 6.42 Å². The Morgan fingerprint density at radius 3 is 1.42 bits per heavy atom. The molecule has 1 heteroatoms. The van der Waals surface area contributed by atoms with E-state index < -0.39 is 7.26 Å². The Bertz CT molecular complexity index is 736. The third-order valence-electron chi connectivity index (χ3n) is 4.93. The summed E-state index contributed by atoms with van der Waals surface area (Å²) >= 11 is 0. The molecule has 0 fully saturated rings. The van der Waals surface area contributed by atoms with Crippen molar-refractivity contribution in [3.05, 3.63) is 115 Å². The van der Waals surface area contributed by atoms with Crippen LogP contribution >= 0.6 is 7.26 Å². The van der Waals surface area contributed by atoms with Gasteiger partial charge in [0.15, 0.2) is 0 Å². The Hall–Kier alpha value is -2.43. The molecule has 0 N–H and O–H groups in total. The van der Waals surface area contributed by atoms with Crippen LogP contribution in [0.5, 0.6) is 0 Å². The van der Waals surface area contributed by atoms with E-state index in [1.807, 2.05) is 0 Å². The molecule has 3 rings (SSSR count). The second kappa shape index (κ2) is 9.32. The summed E-state index contributed by atoms with van der Waals surface area (Å²) in [4.78, 5) is 0. The van der Waals surface area contributed by atoms with Crippen LogP contribution in [0, 0.1) is 0 Å². The molecule has 0 radical (unpaired) electrons. The van der Waals surface area contributed by atoms with Crippen LogP contribution in [0.3, 0.4) is 0 Å². The van der Waals surface area contributed by atoms with E-state index in [4.69, 9.17) is 0 Å². The molecule has 0 amide bonds. The fraction of sp³-hybridized carbons (Fsp3) is 0.120. The minimum absolute atomic E-state index is 1.08. The van der Waals surface area contributed by atoms with Gasteiger partial charge in [0.05, 0.1) is 0 Å². The van der Waals surface area contributed by atoms with Crippen LogP contribution in [0.4, 0.5) is 0 Å².